The van der Waals surface area contributed by atoms with Crippen LogP contribution in [0.2, 0.25) is 0 Å². The normalized spacial score (nSPS) is 10.4. The van der Waals surface area contributed by atoms with Gasteiger partial charge in [0, 0.05) is 11.3 Å². The van der Waals surface area contributed by atoms with E-state index in [9.17, 15) is 4.79 Å². The molecule has 0 radical (unpaired) electrons. The fourth-order valence-corrected chi connectivity index (χ4v) is 2.77. The zero-order chi connectivity index (χ0) is 20.8. The second-order valence-electron chi connectivity index (χ2n) is 6.42. The summed E-state index contributed by atoms with van der Waals surface area (Å²) in [5, 5.41) is 13.9. The molecule has 0 unspecified atom stereocenters. The van der Waals surface area contributed by atoms with Gasteiger partial charge in [0.2, 0.25) is 0 Å². The molecule has 0 spiro atoms. The molecule has 4 aromatic rings. The fourth-order valence-electron chi connectivity index (χ4n) is 2.77. The molecule has 30 heavy (non-hydrogen) atoms. The lowest BCUT2D eigenvalue weighted by Gasteiger charge is -2.09. The highest BCUT2D eigenvalue weighted by atomic mass is 16.5. The number of benzene rings is 3. The highest BCUT2D eigenvalue weighted by Gasteiger charge is 2.07. The monoisotopic (exact) mass is 401 g/mol. The van der Waals surface area contributed by atoms with Crippen LogP contribution in [0.4, 0.5) is 5.69 Å². The summed E-state index contributed by atoms with van der Waals surface area (Å²) in [5.74, 6) is 1.29. The Morgan fingerprint density at radius 3 is 2.27 bits per heavy atom. The lowest BCUT2D eigenvalue weighted by Crippen LogP contribution is -2.11. The smallest absolute Gasteiger partial charge is 0.255 e. The van der Waals surface area contributed by atoms with Crippen molar-refractivity contribution in [1.82, 2.24) is 20.2 Å². The third-order valence-electron chi connectivity index (χ3n) is 4.42. The third kappa shape index (κ3) is 4.61. The minimum absolute atomic E-state index is 0.175. The summed E-state index contributed by atoms with van der Waals surface area (Å²) in [5.41, 5.74) is 3.08. The van der Waals surface area contributed by atoms with Gasteiger partial charge in [-0.1, -0.05) is 12.1 Å². The van der Waals surface area contributed by atoms with Crippen molar-refractivity contribution in [1.29, 1.82) is 0 Å². The molecule has 150 valence electrons. The average molecular weight is 401 g/mol. The van der Waals surface area contributed by atoms with Gasteiger partial charge in [-0.2, -0.15) is 0 Å². The van der Waals surface area contributed by atoms with Crippen molar-refractivity contribution in [3.8, 4) is 17.2 Å². The van der Waals surface area contributed by atoms with E-state index < -0.39 is 0 Å². The summed E-state index contributed by atoms with van der Waals surface area (Å²) >= 11 is 0. The Morgan fingerprint density at radius 2 is 1.63 bits per heavy atom. The summed E-state index contributed by atoms with van der Waals surface area (Å²) in [7, 11) is 1.60. The molecule has 0 saturated carbocycles. The van der Waals surface area contributed by atoms with Gasteiger partial charge in [0.05, 0.1) is 12.8 Å². The largest absolute Gasteiger partial charge is 0.497 e. The van der Waals surface area contributed by atoms with E-state index in [0.717, 1.165) is 22.7 Å². The fraction of sp³-hybridized carbons (Fsp3) is 0.0909. The molecule has 0 bridgehead atoms. The number of rotatable bonds is 7. The number of anilines is 1. The Hall–Kier alpha value is -4.20. The van der Waals surface area contributed by atoms with Gasteiger partial charge < -0.3 is 14.8 Å². The molecule has 1 heterocycles. The first-order valence-corrected chi connectivity index (χ1v) is 9.22. The van der Waals surface area contributed by atoms with E-state index in [1.54, 1.807) is 48.2 Å². The number of tetrazole rings is 1. The molecule has 3 aromatic carbocycles. The second-order valence-corrected chi connectivity index (χ2v) is 6.42. The zero-order valence-corrected chi connectivity index (χ0v) is 16.2. The van der Waals surface area contributed by atoms with Crippen LogP contribution in [0.1, 0.15) is 15.9 Å². The maximum absolute atomic E-state index is 12.4. The van der Waals surface area contributed by atoms with E-state index in [0.29, 0.717) is 17.9 Å². The molecule has 1 aromatic heterocycles. The molecular formula is C22H19N5O3. The molecule has 8 heteroatoms. The Kier molecular flexibility index (Phi) is 5.66. The number of hydrogen-bond acceptors (Lipinski definition) is 6. The van der Waals surface area contributed by atoms with Crippen LogP contribution in [0.25, 0.3) is 5.69 Å². The molecular weight excluding hydrogens is 382 g/mol. The molecule has 1 amide bonds. The van der Waals surface area contributed by atoms with Crippen LogP contribution >= 0.6 is 0 Å². The Morgan fingerprint density at radius 1 is 0.933 bits per heavy atom. The molecule has 0 aliphatic rings. The van der Waals surface area contributed by atoms with Crippen molar-refractivity contribution < 1.29 is 14.3 Å². The molecule has 0 atom stereocenters. The third-order valence-corrected chi connectivity index (χ3v) is 4.42. The van der Waals surface area contributed by atoms with Crippen LogP contribution < -0.4 is 14.8 Å². The molecule has 0 aliphatic carbocycles. The van der Waals surface area contributed by atoms with E-state index in [1.807, 2.05) is 36.4 Å². The first-order chi connectivity index (χ1) is 14.7. The molecule has 4 rings (SSSR count). The number of hydrogen-bond donors (Lipinski definition) is 1. The summed E-state index contributed by atoms with van der Waals surface area (Å²) in [6, 6.07) is 21.9. The van der Waals surface area contributed by atoms with Crippen LogP contribution in [0, 0.1) is 0 Å². The van der Waals surface area contributed by atoms with E-state index in [2.05, 4.69) is 20.8 Å². The van der Waals surface area contributed by atoms with Crippen LogP contribution in [0.5, 0.6) is 11.5 Å². The summed E-state index contributed by atoms with van der Waals surface area (Å²) in [6.45, 7) is 0.393. The van der Waals surface area contributed by atoms with Crippen molar-refractivity contribution in [2.24, 2.45) is 0 Å². The van der Waals surface area contributed by atoms with E-state index in [4.69, 9.17) is 9.47 Å². The number of ether oxygens (including phenoxy) is 2. The van der Waals surface area contributed by atoms with Gasteiger partial charge in [-0.05, 0) is 76.7 Å². The number of carbonyl (C=O) groups is 1. The summed E-state index contributed by atoms with van der Waals surface area (Å²) in [4.78, 5) is 12.4. The van der Waals surface area contributed by atoms with Gasteiger partial charge in [-0.3, -0.25) is 4.79 Å². The highest BCUT2D eigenvalue weighted by Crippen LogP contribution is 2.18. The number of amides is 1. The van der Waals surface area contributed by atoms with Crippen LogP contribution in [0.15, 0.2) is 79.1 Å². The summed E-state index contributed by atoms with van der Waals surface area (Å²) < 4.78 is 12.5. The predicted octanol–water partition coefficient (Wildman–Crippen LogP) is 3.50. The van der Waals surface area contributed by atoms with Crippen molar-refractivity contribution in [3.05, 3.63) is 90.3 Å². The minimum Gasteiger partial charge on any atom is -0.497 e. The van der Waals surface area contributed by atoms with E-state index >= 15 is 0 Å². The van der Waals surface area contributed by atoms with Crippen LogP contribution in [-0.4, -0.2) is 33.2 Å². The van der Waals surface area contributed by atoms with Crippen molar-refractivity contribution in [2.75, 3.05) is 12.4 Å². The van der Waals surface area contributed by atoms with E-state index in [1.165, 1.54) is 6.33 Å². The van der Waals surface area contributed by atoms with Gasteiger partial charge in [-0.15, -0.1) is 5.10 Å². The molecule has 0 saturated heterocycles. The van der Waals surface area contributed by atoms with Gasteiger partial charge in [0.15, 0.2) is 0 Å². The topological polar surface area (TPSA) is 91.2 Å². The van der Waals surface area contributed by atoms with Gasteiger partial charge >= 0.3 is 0 Å². The molecule has 0 fully saturated rings. The number of methoxy groups -OCH3 is 1. The maximum atomic E-state index is 12.4. The van der Waals surface area contributed by atoms with Gasteiger partial charge in [-0.25, -0.2) is 4.68 Å². The van der Waals surface area contributed by atoms with Crippen LogP contribution in [0.3, 0.4) is 0 Å². The van der Waals surface area contributed by atoms with Crippen molar-refractivity contribution in [2.45, 2.75) is 6.61 Å². The standard InChI is InChI=1S/C22H19N5O3/c1-29-20-10-6-18(7-11-20)24-22(28)17-4-2-16(3-5-17)14-30-21-12-8-19(9-13-21)27-15-23-25-26-27/h2-13,15H,14H2,1H3,(H,24,28). The van der Waals surface area contributed by atoms with Crippen LogP contribution in [-0.2, 0) is 6.61 Å². The number of carbonyl (C=O) groups excluding carboxylic acids is 1. The Labute approximate surface area is 173 Å². The molecule has 8 nitrogen and oxygen atoms in total. The lowest BCUT2D eigenvalue weighted by molar-refractivity contribution is 0.102. The summed E-state index contributed by atoms with van der Waals surface area (Å²) in [6.07, 6.45) is 1.53. The minimum atomic E-state index is -0.175. The van der Waals surface area contributed by atoms with Crippen molar-refractivity contribution in [3.63, 3.8) is 0 Å². The number of nitrogens with zero attached hydrogens (tertiary/aromatic N) is 4. The number of aromatic nitrogens is 4. The lowest BCUT2D eigenvalue weighted by atomic mass is 10.1. The van der Waals surface area contributed by atoms with E-state index in [-0.39, 0.29) is 5.91 Å². The highest BCUT2D eigenvalue weighted by molar-refractivity contribution is 6.04. The molecule has 0 aliphatic heterocycles. The molecule has 1 N–H and O–H groups in total. The second kappa shape index (κ2) is 8.87. The van der Waals surface area contributed by atoms with Gasteiger partial charge in [0.1, 0.15) is 24.4 Å². The average Bonchev–Trinajstić information content (AvgIpc) is 3.34. The number of nitrogens with one attached hydrogen (secondary N) is 1. The zero-order valence-electron chi connectivity index (χ0n) is 16.2. The Bertz CT molecular complexity index is 1090. The first kappa shape index (κ1) is 19.1. The van der Waals surface area contributed by atoms with Crippen molar-refractivity contribution >= 4 is 11.6 Å². The maximum Gasteiger partial charge on any atom is 0.255 e. The SMILES string of the molecule is COc1ccc(NC(=O)c2ccc(COc3ccc(-n4cnnn4)cc3)cc2)cc1. The predicted molar refractivity (Wildman–Crippen MR) is 111 cm³/mol. The van der Waals surface area contributed by atoms with Gasteiger partial charge in [0.25, 0.3) is 5.91 Å². The Balaban J connectivity index is 1.32. The first-order valence-electron chi connectivity index (χ1n) is 9.22. The quantitative estimate of drug-likeness (QED) is 0.510.